The SMILES string of the molecule is CCOC(=O)C1=C(C)N=c2s/c(=C/c3ccc(-c4ccc(Cl)c(Cl)c4)o3)c(=O)n2[C@@H]1c1ccc(OC)cc1. The maximum Gasteiger partial charge on any atom is 0.338 e. The van der Waals surface area contributed by atoms with E-state index in [1.165, 1.54) is 15.9 Å². The van der Waals surface area contributed by atoms with Gasteiger partial charge in [-0.05, 0) is 61.9 Å². The largest absolute Gasteiger partial charge is 0.497 e. The summed E-state index contributed by atoms with van der Waals surface area (Å²) in [6, 6.07) is 15.3. The summed E-state index contributed by atoms with van der Waals surface area (Å²) >= 11 is 13.4. The molecule has 0 N–H and O–H groups in total. The molecule has 3 heterocycles. The molecule has 0 fully saturated rings. The van der Waals surface area contributed by atoms with Gasteiger partial charge in [-0.1, -0.05) is 46.7 Å². The summed E-state index contributed by atoms with van der Waals surface area (Å²) < 4.78 is 18.5. The molecule has 0 bridgehead atoms. The number of halogens is 2. The molecule has 0 aliphatic carbocycles. The quantitative estimate of drug-likeness (QED) is 0.292. The van der Waals surface area contributed by atoms with E-state index in [-0.39, 0.29) is 12.2 Å². The normalized spacial score (nSPS) is 15.3. The van der Waals surface area contributed by atoms with Gasteiger partial charge in [-0.2, -0.15) is 0 Å². The third-order valence-electron chi connectivity index (χ3n) is 6.05. The van der Waals surface area contributed by atoms with Crippen molar-refractivity contribution in [1.82, 2.24) is 4.57 Å². The van der Waals surface area contributed by atoms with Crippen molar-refractivity contribution in [3.8, 4) is 17.1 Å². The van der Waals surface area contributed by atoms with Gasteiger partial charge in [0.2, 0.25) is 0 Å². The van der Waals surface area contributed by atoms with Crippen molar-refractivity contribution in [2.24, 2.45) is 4.99 Å². The molecule has 194 valence electrons. The minimum absolute atomic E-state index is 0.203. The van der Waals surface area contributed by atoms with Crippen LogP contribution in [0.2, 0.25) is 10.0 Å². The summed E-state index contributed by atoms with van der Waals surface area (Å²) in [5, 5.41) is 0.869. The van der Waals surface area contributed by atoms with Gasteiger partial charge < -0.3 is 13.9 Å². The Morgan fingerprint density at radius 3 is 2.58 bits per heavy atom. The van der Waals surface area contributed by atoms with Crippen LogP contribution in [0.15, 0.2) is 80.1 Å². The van der Waals surface area contributed by atoms with Gasteiger partial charge in [0.05, 0.1) is 45.6 Å². The van der Waals surface area contributed by atoms with Crippen molar-refractivity contribution in [3.63, 3.8) is 0 Å². The molecule has 2 aromatic heterocycles. The fraction of sp³-hybridized carbons (Fsp3) is 0.179. The molecule has 0 saturated heterocycles. The number of rotatable bonds is 6. The average Bonchev–Trinajstić information content (AvgIpc) is 3.49. The second-order valence-corrected chi connectivity index (χ2v) is 10.2. The number of benzene rings is 2. The molecule has 0 saturated carbocycles. The summed E-state index contributed by atoms with van der Waals surface area (Å²) in [4.78, 5) is 31.8. The summed E-state index contributed by atoms with van der Waals surface area (Å²) in [6.45, 7) is 3.69. The average molecular weight is 569 g/mol. The number of nitrogens with zero attached hydrogens (tertiary/aromatic N) is 2. The van der Waals surface area contributed by atoms with Crippen LogP contribution in [-0.4, -0.2) is 24.3 Å². The zero-order chi connectivity index (χ0) is 27.0. The van der Waals surface area contributed by atoms with Crippen LogP contribution in [0.4, 0.5) is 0 Å². The lowest BCUT2D eigenvalue weighted by Gasteiger charge is -2.24. The number of carbonyl (C=O) groups is 1. The smallest absolute Gasteiger partial charge is 0.338 e. The number of ether oxygens (including phenoxy) is 2. The zero-order valence-corrected chi connectivity index (χ0v) is 23.0. The van der Waals surface area contributed by atoms with Crippen molar-refractivity contribution < 1.29 is 18.7 Å². The Labute approximate surface area is 231 Å². The van der Waals surface area contributed by atoms with Gasteiger partial charge in [0.15, 0.2) is 4.80 Å². The van der Waals surface area contributed by atoms with Gasteiger partial charge in [-0.25, -0.2) is 9.79 Å². The molecule has 0 unspecified atom stereocenters. The Bertz CT molecular complexity index is 1750. The molecule has 1 aliphatic rings. The fourth-order valence-corrected chi connectivity index (χ4v) is 5.58. The first-order chi connectivity index (χ1) is 18.3. The zero-order valence-electron chi connectivity index (χ0n) is 20.7. The van der Waals surface area contributed by atoms with Gasteiger partial charge in [0, 0.05) is 11.6 Å². The van der Waals surface area contributed by atoms with Crippen molar-refractivity contribution in [1.29, 1.82) is 0 Å². The third kappa shape index (κ3) is 4.82. The van der Waals surface area contributed by atoms with E-state index in [4.69, 9.17) is 37.1 Å². The van der Waals surface area contributed by atoms with E-state index in [9.17, 15) is 9.59 Å². The lowest BCUT2D eigenvalue weighted by Crippen LogP contribution is -2.39. The minimum atomic E-state index is -0.707. The topological polar surface area (TPSA) is 83.0 Å². The highest BCUT2D eigenvalue weighted by Gasteiger charge is 2.33. The van der Waals surface area contributed by atoms with Gasteiger partial charge >= 0.3 is 5.97 Å². The number of methoxy groups -OCH3 is 1. The van der Waals surface area contributed by atoms with Crippen LogP contribution >= 0.6 is 34.5 Å². The molecular weight excluding hydrogens is 547 g/mol. The van der Waals surface area contributed by atoms with Crippen LogP contribution < -0.4 is 19.6 Å². The highest BCUT2D eigenvalue weighted by Crippen LogP contribution is 2.32. The lowest BCUT2D eigenvalue weighted by molar-refractivity contribution is -0.139. The van der Waals surface area contributed by atoms with E-state index < -0.39 is 12.0 Å². The summed E-state index contributed by atoms with van der Waals surface area (Å²) in [6.07, 6.45) is 1.67. The van der Waals surface area contributed by atoms with Gasteiger partial charge in [0.25, 0.3) is 5.56 Å². The van der Waals surface area contributed by atoms with Crippen molar-refractivity contribution in [2.45, 2.75) is 19.9 Å². The van der Waals surface area contributed by atoms with Gasteiger partial charge in [0.1, 0.15) is 17.3 Å². The van der Waals surface area contributed by atoms with E-state index in [1.807, 2.05) is 12.1 Å². The van der Waals surface area contributed by atoms with Gasteiger partial charge in [-0.3, -0.25) is 9.36 Å². The van der Waals surface area contributed by atoms with E-state index in [1.54, 1.807) is 69.5 Å². The molecule has 38 heavy (non-hydrogen) atoms. The van der Waals surface area contributed by atoms with Crippen molar-refractivity contribution in [3.05, 3.63) is 107 Å². The third-order valence-corrected chi connectivity index (χ3v) is 7.77. The van der Waals surface area contributed by atoms with E-state index >= 15 is 0 Å². The Hall–Kier alpha value is -3.59. The molecule has 10 heteroatoms. The summed E-state index contributed by atoms with van der Waals surface area (Å²) in [7, 11) is 1.58. The lowest BCUT2D eigenvalue weighted by atomic mass is 9.96. The standard InChI is InChI=1S/C28H22Cl2N2O5S/c1-4-36-27(34)24-15(2)31-28-32(25(24)16-5-8-18(35-3)9-6-16)26(33)23(38-28)14-19-10-12-22(37-19)17-7-11-20(29)21(30)13-17/h5-14,25H,4H2,1-3H3/b23-14+/t25-/m1/s1. The van der Waals surface area contributed by atoms with Crippen LogP contribution in [0.3, 0.4) is 0 Å². The van der Waals surface area contributed by atoms with Crippen LogP contribution in [0.25, 0.3) is 17.4 Å². The number of fused-ring (bicyclic) bond motifs is 1. The van der Waals surface area contributed by atoms with E-state index in [2.05, 4.69) is 4.99 Å². The highest BCUT2D eigenvalue weighted by atomic mass is 35.5. The highest BCUT2D eigenvalue weighted by molar-refractivity contribution is 7.07. The predicted octanol–water partition coefficient (Wildman–Crippen LogP) is 5.37. The maximum atomic E-state index is 13.7. The molecule has 0 radical (unpaired) electrons. The molecule has 0 spiro atoms. The molecule has 7 nitrogen and oxygen atoms in total. The molecule has 2 aromatic carbocycles. The number of aromatic nitrogens is 1. The van der Waals surface area contributed by atoms with Crippen LogP contribution in [0.1, 0.15) is 31.2 Å². The van der Waals surface area contributed by atoms with Crippen LogP contribution in [0.5, 0.6) is 5.75 Å². The Morgan fingerprint density at radius 2 is 1.89 bits per heavy atom. The molecule has 1 aliphatic heterocycles. The van der Waals surface area contributed by atoms with Crippen molar-refractivity contribution in [2.75, 3.05) is 13.7 Å². The molecule has 1 atom stereocenters. The van der Waals surface area contributed by atoms with E-state index in [0.717, 1.165) is 11.1 Å². The van der Waals surface area contributed by atoms with Crippen LogP contribution in [-0.2, 0) is 9.53 Å². The van der Waals surface area contributed by atoms with E-state index in [0.29, 0.717) is 47.9 Å². The number of furan rings is 1. The maximum absolute atomic E-state index is 13.7. The Morgan fingerprint density at radius 1 is 1.13 bits per heavy atom. The van der Waals surface area contributed by atoms with Crippen molar-refractivity contribution >= 4 is 46.6 Å². The Kier molecular flexibility index (Phi) is 7.29. The second-order valence-electron chi connectivity index (χ2n) is 8.41. The first kappa shape index (κ1) is 26.0. The number of allylic oxidation sites excluding steroid dienone is 1. The first-order valence-electron chi connectivity index (χ1n) is 11.7. The van der Waals surface area contributed by atoms with Crippen LogP contribution in [0, 0.1) is 0 Å². The molecule has 0 amide bonds. The summed E-state index contributed by atoms with van der Waals surface area (Å²) in [5.41, 5.74) is 2.01. The predicted molar refractivity (Wildman–Crippen MR) is 148 cm³/mol. The molecule has 5 rings (SSSR count). The monoisotopic (exact) mass is 568 g/mol. The number of carbonyl (C=O) groups excluding carboxylic acids is 1. The number of thiazole rings is 1. The fourth-order valence-electron chi connectivity index (χ4n) is 4.26. The molecule has 4 aromatic rings. The van der Waals surface area contributed by atoms with Gasteiger partial charge in [-0.15, -0.1) is 0 Å². The first-order valence-corrected chi connectivity index (χ1v) is 13.3. The number of esters is 1. The number of hydrogen-bond donors (Lipinski definition) is 0. The summed E-state index contributed by atoms with van der Waals surface area (Å²) in [5.74, 6) is 1.22. The number of hydrogen-bond acceptors (Lipinski definition) is 7. The molecular formula is C28H22Cl2N2O5S. The Balaban J connectivity index is 1.62. The second kappa shape index (κ2) is 10.6. The minimum Gasteiger partial charge on any atom is -0.497 e.